The van der Waals surface area contributed by atoms with Gasteiger partial charge in [0.25, 0.3) is 0 Å². The molecule has 0 aliphatic carbocycles. The number of carbonyl (C=O) groups is 3. The number of allylic oxidation sites excluding steroid dienone is 14. The van der Waals surface area contributed by atoms with Crippen molar-refractivity contribution in [3.05, 3.63) is 85.1 Å². The van der Waals surface area contributed by atoms with Crippen molar-refractivity contribution in [3.8, 4) is 0 Å². The molecule has 372 valence electrons. The highest BCUT2D eigenvalue weighted by Crippen LogP contribution is 2.13. The monoisotopic (exact) mass is 905 g/mol. The lowest BCUT2D eigenvalue weighted by atomic mass is 10.1. The zero-order valence-corrected chi connectivity index (χ0v) is 42.5. The summed E-state index contributed by atoms with van der Waals surface area (Å²) in [7, 11) is 0. The van der Waals surface area contributed by atoms with Crippen LogP contribution in [0.5, 0.6) is 0 Å². The molecule has 0 N–H and O–H groups in total. The van der Waals surface area contributed by atoms with Gasteiger partial charge in [-0.15, -0.1) is 0 Å². The van der Waals surface area contributed by atoms with Gasteiger partial charge < -0.3 is 14.2 Å². The Morgan fingerprint density at radius 2 is 0.554 bits per heavy atom. The molecular weight excluding hydrogens is 805 g/mol. The van der Waals surface area contributed by atoms with Crippen molar-refractivity contribution in [2.45, 2.75) is 258 Å². The summed E-state index contributed by atoms with van der Waals surface area (Å²) in [4.78, 5) is 38.0. The van der Waals surface area contributed by atoms with Crippen molar-refractivity contribution >= 4 is 17.9 Å². The summed E-state index contributed by atoms with van der Waals surface area (Å²) in [5.41, 5.74) is 0. The number of esters is 3. The fraction of sp³-hybridized carbons (Fsp3) is 0.712. The van der Waals surface area contributed by atoms with Crippen molar-refractivity contribution in [1.29, 1.82) is 0 Å². The molecule has 1 atom stereocenters. The largest absolute Gasteiger partial charge is 0.462 e. The number of carbonyl (C=O) groups excluding carboxylic acids is 3. The molecule has 0 spiro atoms. The van der Waals surface area contributed by atoms with Crippen LogP contribution in [0.15, 0.2) is 85.1 Å². The van der Waals surface area contributed by atoms with E-state index in [1.807, 2.05) is 0 Å². The molecule has 0 aliphatic heterocycles. The highest BCUT2D eigenvalue weighted by Gasteiger charge is 2.19. The van der Waals surface area contributed by atoms with Gasteiger partial charge in [-0.05, 0) is 122 Å². The predicted octanol–water partition coefficient (Wildman–Crippen LogP) is 18.0. The number of rotatable bonds is 48. The van der Waals surface area contributed by atoms with E-state index >= 15 is 0 Å². The fourth-order valence-electron chi connectivity index (χ4n) is 7.21. The second-order valence-electron chi connectivity index (χ2n) is 17.8. The third-order valence-corrected chi connectivity index (χ3v) is 11.3. The predicted molar refractivity (Wildman–Crippen MR) is 279 cm³/mol. The summed E-state index contributed by atoms with van der Waals surface area (Å²) in [6, 6.07) is 0. The topological polar surface area (TPSA) is 78.9 Å². The van der Waals surface area contributed by atoms with E-state index in [1.54, 1.807) is 0 Å². The summed E-state index contributed by atoms with van der Waals surface area (Å²) >= 11 is 0. The minimum Gasteiger partial charge on any atom is -0.462 e. The van der Waals surface area contributed by atoms with Crippen molar-refractivity contribution < 1.29 is 28.6 Å². The molecular formula is C59H100O6. The van der Waals surface area contributed by atoms with Crippen LogP contribution in [0.4, 0.5) is 0 Å². The van der Waals surface area contributed by atoms with Crippen molar-refractivity contribution in [1.82, 2.24) is 0 Å². The van der Waals surface area contributed by atoms with Crippen LogP contribution in [0.1, 0.15) is 252 Å². The van der Waals surface area contributed by atoms with Crippen molar-refractivity contribution in [2.24, 2.45) is 0 Å². The molecule has 0 fully saturated rings. The summed E-state index contributed by atoms with van der Waals surface area (Å²) < 4.78 is 16.8. The van der Waals surface area contributed by atoms with Crippen LogP contribution >= 0.6 is 0 Å². The Balaban J connectivity index is 4.47. The van der Waals surface area contributed by atoms with E-state index < -0.39 is 6.10 Å². The molecule has 0 rings (SSSR count). The Morgan fingerprint density at radius 3 is 0.923 bits per heavy atom. The van der Waals surface area contributed by atoms with Crippen LogP contribution in [-0.4, -0.2) is 37.2 Å². The van der Waals surface area contributed by atoms with Gasteiger partial charge in [-0.2, -0.15) is 0 Å². The van der Waals surface area contributed by atoms with E-state index in [0.717, 1.165) is 116 Å². The third kappa shape index (κ3) is 51.4. The second kappa shape index (κ2) is 53.2. The van der Waals surface area contributed by atoms with Crippen LogP contribution in [0.2, 0.25) is 0 Å². The lowest BCUT2D eigenvalue weighted by Crippen LogP contribution is -2.30. The van der Waals surface area contributed by atoms with Crippen LogP contribution in [0.25, 0.3) is 0 Å². The molecule has 0 saturated heterocycles. The minimum atomic E-state index is -0.800. The maximum Gasteiger partial charge on any atom is 0.306 e. The number of unbranched alkanes of at least 4 members (excludes halogenated alkanes) is 23. The van der Waals surface area contributed by atoms with Gasteiger partial charge in [0.2, 0.25) is 0 Å². The SMILES string of the molecule is CCCCC/C=C\C/C=C\C/C=C\C/C=C\CCCCCC(=O)OC[C@@H](COC(=O)CCCCCCC/C=C\CCCCCC)OC(=O)CCCCCCC/C=C\C/C=C\CCCCC. The Kier molecular flexibility index (Phi) is 50.4. The molecule has 0 bridgehead atoms. The van der Waals surface area contributed by atoms with E-state index in [1.165, 1.54) is 96.3 Å². The summed E-state index contributed by atoms with van der Waals surface area (Å²) in [5.74, 6) is -0.950. The number of hydrogen-bond donors (Lipinski definition) is 0. The maximum atomic E-state index is 12.8. The molecule has 6 nitrogen and oxygen atoms in total. The van der Waals surface area contributed by atoms with Crippen LogP contribution in [0, 0.1) is 0 Å². The molecule has 0 unspecified atom stereocenters. The lowest BCUT2D eigenvalue weighted by molar-refractivity contribution is -0.167. The molecule has 6 heteroatoms. The van der Waals surface area contributed by atoms with Gasteiger partial charge in [0.15, 0.2) is 6.10 Å². The van der Waals surface area contributed by atoms with E-state index in [4.69, 9.17) is 14.2 Å². The Bertz CT molecular complexity index is 1270. The van der Waals surface area contributed by atoms with E-state index in [9.17, 15) is 14.4 Å². The quantitative estimate of drug-likeness (QED) is 0.0262. The van der Waals surface area contributed by atoms with Gasteiger partial charge in [0, 0.05) is 19.3 Å². The zero-order chi connectivity index (χ0) is 47.2. The fourth-order valence-corrected chi connectivity index (χ4v) is 7.21. The third-order valence-electron chi connectivity index (χ3n) is 11.3. The van der Waals surface area contributed by atoms with Gasteiger partial charge in [-0.25, -0.2) is 0 Å². The van der Waals surface area contributed by atoms with E-state index in [0.29, 0.717) is 19.3 Å². The zero-order valence-electron chi connectivity index (χ0n) is 42.5. The molecule has 0 aliphatic rings. The number of ether oxygens (including phenoxy) is 3. The summed E-state index contributed by atoms with van der Waals surface area (Å²) in [6.07, 6.45) is 68.5. The first-order valence-electron chi connectivity index (χ1n) is 27.1. The standard InChI is InChI=1S/C59H100O6/c1-4-7-10-13-16-19-22-25-27-28-29-30-32-34-37-40-43-46-49-52-58(61)64-55-56(54-63-57(60)51-48-45-42-39-36-33-24-21-18-15-12-9-6-3)65-59(62)53-50-47-44-41-38-35-31-26-23-20-17-14-11-8-5-2/h16-17,19-21,24-27,29-31,34,37,56H,4-15,18,22-23,28,32-33,35-36,38-55H2,1-3H3/b19-16-,20-17-,24-21-,27-25-,30-29-,31-26-,37-34-/t56-/m1/s1. The minimum absolute atomic E-state index is 0.0973. The summed E-state index contributed by atoms with van der Waals surface area (Å²) in [6.45, 7) is 6.52. The molecule has 0 radical (unpaired) electrons. The van der Waals surface area contributed by atoms with E-state index in [2.05, 4.69) is 106 Å². The summed E-state index contributed by atoms with van der Waals surface area (Å²) in [5, 5.41) is 0. The molecule has 0 aromatic rings. The Labute approximate surface area is 401 Å². The van der Waals surface area contributed by atoms with Gasteiger partial charge >= 0.3 is 17.9 Å². The molecule has 0 heterocycles. The highest BCUT2D eigenvalue weighted by molar-refractivity contribution is 5.71. The Hall–Kier alpha value is -3.41. The molecule has 0 amide bonds. The van der Waals surface area contributed by atoms with Crippen molar-refractivity contribution in [2.75, 3.05) is 13.2 Å². The van der Waals surface area contributed by atoms with Crippen molar-refractivity contribution in [3.63, 3.8) is 0 Å². The molecule has 0 aromatic carbocycles. The highest BCUT2D eigenvalue weighted by atomic mass is 16.6. The molecule has 0 saturated carbocycles. The van der Waals surface area contributed by atoms with Crippen LogP contribution < -0.4 is 0 Å². The average molecular weight is 905 g/mol. The molecule has 65 heavy (non-hydrogen) atoms. The average Bonchev–Trinajstić information content (AvgIpc) is 3.30. The van der Waals surface area contributed by atoms with Gasteiger partial charge in [0.1, 0.15) is 13.2 Å². The first kappa shape index (κ1) is 61.6. The number of hydrogen-bond acceptors (Lipinski definition) is 6. The first-order chi connectivity index (χ1) is 32.0. The van der Waals surface area contributed by atoms with Crippen LogP contribution in [0.3, 0.4) is 0 Å². The van der Waals surface area contributed by atoms with E-state index in [-0.39, 0.29) is 31.1 Å². The van der Waals surface area contributed by atoms with Gasteiger partial charge in [-0.1, -0.05) is 196 Å². The normalized spacial score (nSPS) is 12.7. The molecule has 0 aromatic heterocycles. The lowest BCUT2D eigenvalue weighted by Gasteiger charge is -2.18. The van der Waals surface area contributed by atoms with Gasteiger partial charge in [-0.3, -0.25) is 14.4 Å². The van der Waals surface area contributed by atoms with Gasteiger partial charge in [0.05, 0.1) is 0 Å². The smallest absolute Gasteiger partial charge is 0.306 e. The second-order valence-corrected chi connectivity index (χ2v) is 17.8. The maximum absolute atomic E-state index is 12.8. The first-order valence-corrected chi connectivity index (χ1v) is 27.1. The Morgan fingerprint density at radius 1 is 0.308 bits per heavy atom. The van der Waals surface area contributed by atoms with Crippen LogP contribution in [-0.2, 0) is 28.6 Å².